The number of nitrogens with zero attached hydrogens (tertiary/aromatic N) is 1. The number of hydrogen-bond acceptors (Lipinski definition) is 4. The number of aliphatic hydroxyl groups excluding tert-OH is 1. The quantitative estimate of drug-likeness (QED) is 0.532. The molecule has 0 rings (SSSR count). The molecule has 0 aromatic carbocycles. The Morgan fingerprint density at radius 2 is 2.14 bits per heavy atom. The maximum absolute atomic E-state index is 11.0. The Morgan fingerprint density at radius 3 is 2.64 bits per heavy atom. The maximum Gasteiger partial charge on any atom is 0.0791 e. The largest absolute Gasteiger partial charge is 0.390 e. The van der Waals surface area contributed by atoms with E-state index in [4.69, 9.17) is 0 Å². The lowest BCUT2D eigenvalue weighted by Crippen LogP contribution is -2.36. The van der Waals surface area contributed by atoms with E-state index in [0.29, 0.717) is 31.1 Å². The van der Waals surface area contributed by atoms with Gasteiger partial charge in [-0.2, -0.15) is 0 Å². The second-order valence-electron chi connectivity index (χ2n) is 3.55. The molecule has 0 saturated carbocycles. The molecule has 0 spiro atoms. The Bertz CT molecular complexity index is 165. The third kappa shape index (κ3) is 8.62. The number of likely N-dealkylation sites (N-methyl/N-ethyl adjacent to an activating group) is 1. The van der Waals surface area contributed by atoms with Crippen LogP contribution in [-0.4, -0.2) is 65.6 Å². The number of rotatable bonds is 8. The molecule has 0 aliphatic heterocycles. The normalized spacial score (nSPS) is 15.8. The average Bonchev–Trinajstić information content (AvgIpc) is 2.10. The number of nitrogens with one attached hydrogen (secondary N) is 1. The monoisotopic (exact) mass is 222 g/mol. The van der Waals surface area contributed by atoms with Crippen molar-refractivity contribution in [2.24, 2.45) is 0 Å². The fraction of sp³-hybridized carbons (Fsp3) is 1.00. The molecule has 14 heavy (non-hydrogen) atoms. The molecule has 2 N–H and O–H groups in total. The number of hydrogen-bond donors (Lipinski definition) is 2. The van der Waals surface area contributed by atoms with E-state index in [2.05, 4.69) is 5.32 Å². The van der Waals surface area contributed by atoms with Crippen molar-refractivity contribution in [2.75, 3.05) is 45.2 Å². The highest BCUT2D eigenvalue weighted by Crippen LogP contribution is 1.84. The van der Waals surface area contributed by atoms with Crippen LogP contribution in [0, 0.1) is 0 Å². The standard InChI is InChI=1S/C9H22N2O2S/c1-4-14(13)6-5-10-7-9(12)8-11(2)3/h9-10,12H,4-8H2,1-3H3. The summed E-state index contributed by atoms with van der Waals surface area (Å²) in [5, 5.41) is 12.5. The van der Waals surface area contributed by atoms with Gasteiger partial charge in [0.15, 0.2) is 0 Å². The zero-order chi connectivity index (χ0) is 11.0. The minimum Gasteiger partial charge on any atom is -0.390 e. The topological polar surface area (TPSA) is 52.6 Å². The molecule has 0 saturated heterocycles. The summed E-state index contributed by atoms with van der Waals surface area (Å²) in [5.74, 6) is 1.38. The zero-order valence-electron chi connectivity index (χ0n) is 9.32. The summed E-state index contributed by atoms with van der Waals surface area (Å²) in [6.45, 7) is 3.85. The van der Waals surface area contributed by atoms with Crippen molar-refractivity contribution in [2.45, 2.75) is 13.0 Å². The van der Waals surface area contributed by atoms with Crippen molar-refractivity contribution >= 4 is 10.8 Å². The van der Waals surface area contributed by atoms with Crippen molar-refractivity contribution in [3.05, 3.63) is 0 Å². The van der Waals surface area contributed by atoms with Gasteiger partial charge in [0, 0.05) is 41.9 Å². The Hall–Kier alpha value is 0.0300. The SMILES string of the molecule is CCS(=O)CCNCC(O)CN(C)C. The van der Waals surface area contributed by atoms with E-state index in [1.807, 2.05) is 25.9 Å². The molecular weight excluding hydrogens is 200 g/mol. The first kappa shape index (κ1) is 14.0. The summed E-state index contributed by atoms with van der Waals surface area (Å²) in [6.07, 6.45) is -0.347. The lowest BCUT2D eigenvalue weighted by Gasteiger charge is -2.16. The molecule has 0 radical (unpaired) electrons. The molecule has 2 unspecified atom stereocenters. The van der Waals surface area contributed by atoms with E-state index in [1.165, 1.54) is 0 Å². The van der Waals surface area contributed by atoms with E-state index >= 15 is 0 Å². The van der Waals surface area contributed by atoms with Gasteiger partial charge in [-0.05, 0) is 14.1 Å². The minimum absolute atomic E-state index is 0.347. The average molecular weight is 222 g/mol. The summed E-state index contributed by atoms with van der Waals surface area (Å²) in [5.41, 5.74) is 0. The van der Waals surface area contributed by atoms with Gasteiger partial charge < -0.3 is 15.3 Å². The lowest BCUT2D eigenvalue weighted by atomic mass is 10.3. The molecule has 0 aliphatic carbocycles. The van der Waals surface area contributed by atoms with Gasteiger partial charge in [-0.3, -0.25) is 4.21 Å². The highest BCUT2D eigenvalue weighted by atomic mass is 32.2. The van der Waals surface area contributed by atoms with Crippen LogP contribution in [-0.2, 0) is 10.8 Å². The Morgan fingerprint density at radius 1 is 1.50 bits per heavy atom. The molecule has 0 heterocycles. The van der Waals surface area contributed by atoms with E-state index in [1.54, 1.807) is 0 Å². The number of aliphatic hydroxyl groups is 1. The van der Waals surface area contributed by atoms with Gasteiger partial charge in [0.1, 0.15) is 0 Å². The van der Waals surface area contributed by atoms with Crippen LogP contribution in [0.1, 0.15) is 6.92 Å². The fourth-order valence-corrected chi connectivity index (χ4v) is 1.75. The van der Waals surface area contributed by atoms with Crippen LogP contribution in [0.25, 0.3) is 0 Å². The van der Waals surface area contributed by atoms with Crippen molar-refractivity contribution in [3.63, 3.8) is 0 Å². The van der Waals surface area contributed by atoms with Crippen molar-refractivity contribution in [1.82, 2.24) is 10.2 Å². The molecule has 4 nitrogen and oxygen atoms in total. The first-order chi connectivity index (χ1) is 6.56. The van der Waals surface area contributed by atoms with Crippen LogP contribution >= 0.6 is 0 Å². The van der Waals surface area contributed by atoms with Gasteiger partial charge in [-0.15, -0.1) is 0 Å². The highest BCUT2D eigenvalue weighted by Gasteiger charge is 2.04. The summed E-state index contributed by atoms with van der Waals surface area (Å²) in [7, 11) is 3.14. The van der Waals surface area contributed by atoms with Crippen LogP contribution in [0.5, 0.6) is 0 Å². The van der Waals surface area contributed by atoms with Gasteiger partial charge >= 0.3 is 0 Å². The predicted molar refractivity (Wildman–Crippen MR) is 61.0 cm³/mol. The third-order valence-electron chi connectivity index (χ3n) is 1.78. The second kappa shape index (κ2) is 8.35. The van der Waals surface area contributed by atoms with Crippen LogP contribution in [0.15, 0.2) is 0 Å². The molecule has 0 aromatic heterocycles. The molecule has 2 atom stereocenters. The van der Waals surface area contributed by atoms with Gasteiger partial charge in [0.2, 0.25) is 0 Å². The highest BCUT2D eigenvalue weighted by molar-refractivity contribution is 7.84. The first-order valence-corrected chi connectivity index (χ1v) is 6.43. The summed E-state index contributed by atoms with van der Waals surface area (Å²) < 4.78 is 11.0. The molecule has 0 aliphatic rings. The minimum atomic E-state index is -0.707. The molecule has 0 amide bonds. The zero-order valence-corrected chi connectivity index (χ0v) is 10.1. The van der Waals surface area contributed by atoms with E-state index in [0.717, 1.165) is 0 Å². The third-order valence-corrected chi connectivity index (χ3v) is 3.09. The molecule has 0 bridgehead atoms. The molecule has 5 heteroatoms. The van der Waals surface area contributed by atoms with Gasteiger partial charge in [0.25, 0.3) is 0 Å². The van der Waals surface area contributed by atoms with Crippen LogP contribution < -0.4 is 5.32 Å². The fourth-order valence-electron chi connectivity index (χ4n) is 1.09. The molecule has 0 fully saturated rings. The maximum atomic E-state index is 11.0. The Kier molecular flexibility index (Phi) is 8.37. The van der Waals surface area contributed by atoms with Crippen molar-refractivity contribution in [1.29, 1.82) is 0 Å². The second-order valence-corrected chi connectivity index (χ2v) is 5.42. The van der Waals surface area contributed by atoms with E-state index in [9.17, 15) is 9.32 Å². The van der Waals surface area contributed by atoms with E-state index < -0.39 is 10.8 Å². The molecule has 86 valence electrons. The summed E-state index contributed by atoms with van der Waals surface area (Å²) in [4.78, 5) is 1.94. The first-order valence-electron chi connectivity index (χ1n) is 4.94. The molecular formula is C9H22N2O2S. The Balaban J connectivity index is 3.31. The predicted octanol–water partition coefficient (Wildman–Crippen LogP) is -0.733. The smallest absolute Gasteiger partial charge is 0.0791 e. The van der Waals surface area contributed by atoms with Crippen LogP contribution in [0.4, 0.5) is 0 Å². The van der Waals surface area contributed by atoms with Gasteiger partial charge in [-0.1, -0.05) is 6.92 Å². The lowest BCUT2D eigenvalue weighted by molar-refractivity contribution is 0.135. The van der Waals surface area contributed by atoms with Gasteiger partial charge in [-0.25, -0.2) is 0 Å². The summed E-state index contributed by atoms with van der Waals surface area (Å²) in [6, 6.07) is 0. The van der Waals surface area contributed by atoms with Crippen LogP contribution in [0.3, 0.4) is 0 Å². The van der Waals surface area contributed by atoms with Gasteiger partial charge in [0.05, 0.1) is 6.10 Å². The Labute approximate surface area is 89.1 Å². The van der Waals surface area contributed by atoms with E-state index in [-0.39, 0.29) is 6.10 Å². The van der Waals surface area contributed by atoms with Crippen molar-refractivity contribution < 1.29 is 9.32 Å². The van der Waals surface area contributed by atoms with Crippen LogP contribution in [0.2, 0.25) is 0 Å². The molecule has 0 aromatic rings. The summed E-state index contributed by atoms with van der Waals surface area (Å²) >= 11 is 0. The van der Waals surface area contributed by atoms with Crippen molar-refractivity contribution in [3.8, 4) is 0 Å².